The van der Waals surface area contributed by atoms with Crippen LogP contribution in [0.5, 0.6) is 0 Å². The zero-order valence-corrected chi connectivity index (χ0v) is 8.16. The third-order valence-corrected chi connectivity index (χ3v) is 2.98. The first-order chi connectivity index (χ1) is 6.40. The van der Waals surface area contributed by atoms with E-state index in [1.165, 1.54) is 19.3 Å². The lowest BCUT2D eigenvalue weighted by molar-refractivity contribution is 0.392. The summed E-state index contributed by atoms with van der Waals surface area (Å²) in [5, 5.41) is 0. The van der Waals surface area contributed by atoms with E-state index in [9.17, 15) is 0 Å². The minimum Gasteiger partial charge on any atom is -0.342 e. The van der Waals surface area contributed by atoms with Gasteiger partial charge in [0, 0.05) is 25.5 Å². The van der Waals surface area contributed by atoms with Crippen molar-refractivity contribution >= 4 is 5.95 Å². The number of hydrogen-bond acceptors (Lipinski definition) is 2. The van der Waals surface area contributed by atoms with Gasteiger partial charge in [0.2, 0.25) is 5.95 Å². The van der Waals surface area contributed by atoms with Crippen molar-refractivity contribution in [3.8, 4) is 0 Å². The summed E-state index contributed by atoms with van der Waals surface area (Å²) in [6.07, 6.45) is 7.67. The molecule has 1 aromatic heterocycles. The molecule has 0 saturated carbocycles. The van der Waals surface area contributed by atoms with Crippen LogP contribution in [0.4, 0.5) is 5.95 Å². The van der Waals surface area contributed by atoms with Gasteiger partial charge in [-0.3, -0.25) is 0 Å². The first-order valence-electron chi connectivity index (χ1n) is 5.14. The second-order valence-corrected chi connectivity index (χ2v) is 3.75. The van der Waals surface area contributed by atoms with Crippen LogP contribution in [-0.4, -0.2) is 23.1 Å². The van der Waals surface area contributed by atoms with Gasteiger partial charge < -0.3 is 9.88 Å². The van der Waals surface area contributed by atoms with E-state index in [0.29, 0.717) is 0 Å². The van der Waals surface area contributed by atoms with E-state index >= 15 is 0 Å². The highest BCUT2D eigenvalue weighted by Gasteiger charge is 2.18. The van der Waals surface area contributed by atoms with E-state index in [2.05, 4.69) is 21.8 Å². The normalized spacial score (nSPS) is 19.3. The van der Waals surface area contributed by atoms with Crippen molar-refractivity contribution in [1.29, 1.82) is 0 Å². The van der Waals surface area contributed by atoms with E-state index in [1.54, 1.807) is 0 Å². The molecular formula is C10H17N3. The molecule has 0 atom stereocenters. The average Bonchev–Trinajstić information content (AvgIpc) is 2.71. The standard InChI is InChI=1S/C10H17N3/c1-2-9-3-7-13(8-4-9)10-11-5-6-12-10/h5-6,9H,2-4,7-8H2,1H3,(H,11,12). The molecule has 13 heavy (non-hydrogen) atoms. The Hall–Kier alpha value is -0.990. The van der Waals surface area contributed by atoms with Crippen LogP contribution in [0.25, 0.3) is 0 Å². The summed E-state index contributed by atoms with van der Waals surface area (Å²) in [7, 11) is 0. The number of aromatic nitrogens is 2. The van der Waals surface area contributed by atoms with Gasteiger partial charge in [-0.2, -0.15) is 0 Å². The van der Waals surface area contributed by atoms with Gasteiger partial charge in [0.05, 0.1) is 0 Å². The molecule has 2 heterocycles. The van der Waals surface area contributed by atoms with Crippen molar-refractivity contribution in [2.75, 3.05) is 18.0 Å². The molecular weight excluding hydrogens is 162 g/mol. The van der Waals surface area contributed by atoms with E-state index in [0.717, 1.165) is 25.0 Å². The number of nitrogens with one attached hydrogen (secondary N) is 1. The zero-order valence-electron chi connectivity index (χ0n) is 8.16. The van der Waals surface area contributed by atoms with Crippen LogP contribution in [-0.2, 0) is 0 Å². The Labute approximate surface area is 79.2 Å². The third-order valence-electron chi connectivity index (χ3n) is 2.98. The van der Waals surface area contributed by atoms with Crippen LogP contribution in [0, 0.1) is 5.92 Å². The number of anilines is 1. The molecule has 2 rings (SSSR count). The summed E-state index contributed by atoms with van der Waals surface area (Å²) >= 11 is 0. The van der Waals surface area contributed by atoms with Crippen molar-refractivity contribution in [3.63, 3.8) is 0 Å². The molecule has 3 nitrogen and oxygen atoms in total. The highest BCUT2D eigenvalue weighted by molar-refractivity contribution is 5.29. The van der Waals surface area contributed by atoms with Crippen molar-refractivity contribution in [2.24, 2.45) is 5.92 Å². The molecule has 0 amide bonds. The number of rotatable bonds is 2. The van der Waals surface area contributed by atoms with Crippen LogP contribution in [0.1, 0.15) is 26.2 Å². The van der Waals surface area contributed by atoms with E-state index in [1.807, 2.05) is 12.4 Å². The molecule has 1 saturated heterocycles. The molecule has 1 fully saturated rings. The Balaban J connectivity index is 1.92. The number of nitrogens with zero attached hydrogens (tertiary/aromatic N) is 2. The van der Waals surface area contributed by atoms with E-state index < -0.39 is 0 Å². The highest BCUT2D eigenvalue weighted by Crippen LogP contribution is 2.22. The maximum absolute atomic E-state index is 4.26. The van der Waals surface area contributed by atoms with Gasteiger partial charge in [-0.05, 0) is 18.8 Å². The predicted octanol–water partition coefficient (Wildman–Crippen LogP) is 2.04. The maximum Gasteiger partial charge on any atom is 0.202 e. The molecule has 0 aliphatic carbocycles. The lowest BCUT2D eigenvalue weighted by Crippen LogP contribution is -2.34. The van der Waals surface area contributed by atoms with Gasteiger partial charge in [0.25, 0.3) is 0 Å². The summed E-state index contributed by atoms with van der Waals surface area (Å²) in [4.78, 5) is 9.76. The topological polar surface area (TPSA) is 31.9 Å². The van der Waals surface area contributed by atoms with E-state index in [4.69, 9.17) is 0 Å². The number of piperidine rings is 1. The number of H-pyrrole nitrogens is 1. The summed E-state index contributed by atoms with van der Waals surface area (Å²) in [6, 6.07) is 0. The highest BCUT2D eigenvalue weighted by atomic mass is 15.3. The van der Waals surface area contributed by atoms with Crippen molar-refractivity contribution < 1.29 is 0 Å². The van der Waals surface area contributed by atoms with E-state index in [-0.39, 0.29) is 0 Å². The molecule has 1 aromatic rings. The number of imidazole rings is 1. The fourth-order valence-electron chi connectivity index (χ4n) is 1.98. The fourth-order valence-corrected chi connectivity index (χ4v) is 1.98. The van der Waals surface area contributed by atoms with Crippen LogP contribution < -0.4 is 4.90 Å². The molecule has 1 aliphatic heterocycles. The first-order valence-corrected chi connectivity index (χ1v) is 5.14. The first kappa shape index (κ1) is 8.60. The number of hydrogen-bond donors (Lipinski definition) is 1. The summed E-state index contributed by atoms with van der Waals surface area (Å²) in [5.74, 6) is 1.97. The Kier molecular flexibility index (Phi) is 2.52. The van der Waals surface area contributed by atoms with Crippen LogP contribution in [0.2, 0.25) is 0 Å². The lowest BCUT2D eigenvalue weighted by Gasteiger charge is -2.31. The second-order valence-electron chi connectivity index (χ2n) is 3.75. The SMILES string of the molecule is CCC1CCN(c2ncc[nH]2)CC1. The molecule has 1 N–H and O–H groups in total. The average molecular weight is 179 g/mol. The molecule has 72 valence electrons. The quantitative estimate of drug-likeness (QED) is 0.753. The molecule has 0 radical (unpaired) electrons. The van der Waals surface area contributed by atoms with Crippen molar-refractivity contribution in [3.05, 3.63) is 12.4 Å². The summed E-state index contributed by atoms with van der Waals surface area (Å²) in [6.45, 7) is 4.60. The Morgan fingerprint density at radius 1 is 1.54 bits per heavy atom. The molecule has 0 spiro atoms. The monoisotopic (exact) mass is 179 g/mol. The van der Waals surface area contributed by atoms with Gasteiger partial charge in [-0.25, -0.2) is 4.98 Å². The Morgan fingerprint density at radius 2 is 2.31 bits per heavy atom. The van der Waals surface area contributed by atoms with Gasteiger partial charge in [0.1, 0.15) is 0 Å². The predicted molar refractivity (Wildman–Crippen MR) is 53.8 cm³/mol. The molecule has 0 bridgehead atoms. The minimum absolute atomic E-state index is 0.936. The van der Waals surface area contributed by atoms with Crippen LogP contribution >= 0.6 is 0 Å². The van der Waals surface area contributed by atoms with Gasteiger partial charge in [-0.1, -0.05) is 13.3 Å². The Morgan fingerprint density at radius 3 is 2.85 bits per heavy atom. The van der Waals surface area contributed by atoms with Crippen LogP contribution in [0.3, 0.4) is 0 Å². The van der Waals surface area contributed by atoms with Gasteiger partial charge >= 0.3 is 0 Å². The maximum atomic E-state index is 4.26. The molecule has 1 aliphatic rings. The fraction of sp³-hybridized carbons (Fsp3) is 0.700. The largest absolute Gasteiger partial charge is 0.342 e. The molecule has 0 aromatic carbocycles. The second kappa shape index (κ2) is 3.81. The van der Waals surface area contributed by atoms with Gasteiger partial charge in [0.15, 0.2) is 0 Å². The van der Waals surface area contributed by atoms with Crippen molar-refractivity contribution in [1.82, 2.24) is 9.97 Å². The molecule has 3 heteroatoms. The van der Waals surface area contributed by atoms with Crippen molar-refractivity contribution in [2.45, 2.75) is 26.2 Å². The van der Waals surface area contributed by atoms with Gasteiger partial charge in [-0.15, -0.1) is 0 Å². The third kappa shape index (κ3) is 1.85. The van der Waals surface area contributed by atoms with Crippen LogP contribution in [0.15, 0.2) is 12.4 Å². The smallest absolute Gasteiger partial charge is 0.202 e. The summed E-state index contributed by atoms with van der Waals surface area (Å²) in [5.41, 5.74) is 0. The summed E-state index contributed by atoms with van der Waals surface area (Å²) < 4.78 is 0. The lowest BCUT2D eigenvalue weighted by atomic mass is 9.95. The minimum atomic E-state index is 0.936. The number of aromatic amines is 1. The molecule has 0 unspecified atom stereocenters. The zero-order chi connectivity index (χ0) is 9.10. The Bertz CT molecular complexity index is 235.